The maximum absolute atomic E-state index is 11.7. The van der Waals surface area contributed by atoms with Crippen LogP contribution in [0.1, 0.15) is 12.5 Å². The molecule has 2 N–H and O–H groups in total. The van der Waals surface area contributed by atoms with Crippen molar-refractivity contribution in [2.24, 2.45) is 5.92 Å². The van der Waals surface area contributed by atoms with Crippen molar-refractivity contribution in [2.75, 3.05) is 31.7 Å². The van der Waals surface area contributed by atoms with Gasteiger partial charge < -0.3 is 10.3 Å². The van der Waals surface area contributed by atoms with Gasteiger partial charge in [0, 0.05) is 30.3 Å². The first kappa shape index (κ1) is 11.6. The third-order valence-corrected chi connectivity index (χ3v) is 3.77. The molecule has 18 heavy (non-hydrogen) atoms. The third kappa shape index (κ3) is 1.71. The summed E-state index contributed by atoms with van der Waals surface area (Å²) in [6, 6.07) is 4.07. The van der Waals surface area contributed by atoms with E-state index in [1.165, 1.54) is 16.7 Å². The SMILES string of the molecule is CNN1CC2=C(c3cccnc31)C(C)C[NH+]([O-])C2. The first-order valence-electron chi connectivity index (χ1n) is 6.34. The number of rotatable bonds is 1. The van der Waals surface area contributed by atoms with E-state index in [-0.39, 0.29) is 0 Å². The van der Waals surface area contributed by atoms with Gasteiger partial charge in [-0.2, -0.15) is 0 Å². The maximum atomic E-state index is 11.7. The fourth-order valence-electron chi connectivity index (χ4n) is 3.07. The third-order valence-electron chi connectivity index (χ3n) is 3.77. The van der Waals surface area contributed by atoms with E-state index in [1.54, 1.807) is 0 Å². The van der Waals surface area contributed by atoms with Gasteiger partial charge in [-0.25, -0.2) is 10.4 Å². The van der Waals surface area contributed by atoms with Crippen LogP contribution in [0.3, 0.4) is 0 Å². The van der Waals surface area contributed by atoms with Crippen molar-refractivity contribution in [3.63, 3.8) is 0 Å². The zero-order valence-corrected chi connectivity index (χ0v) is 10.7. The molecular weight excluding hydrogens is 228 g/mol. The summed E-state index contributed by atoms with van der Waals surface area (Å²) in [4.78, 5) is 4.46. The Balaban J connectivity index is 2.13. The number of quaternary nitrogens is 1. The summed E-state index contributed by atoms with van der Waals surface area (Å²) in [6.07, 6.45) is 1.81. The molecule has 2 aliphatic heterocycles. The highest BCUT2D eigenvalue weighted by atomic mass is 16.5. The summed E-state index contributed by atoms with van der Waals surface area (Å²) in [5.74, 6) is 1.28. The Morgan fingerprint density at radius 2 is 2.39 bits per heavy atom. The summed E-state index contributed by atoms with van der Waals surface area (Å²) in [7, 11) is 1.89. The Hall–Kier alpha value is -1.43. The predicted molar refractivity (Wildman–Crippen MR) is 70.8 cm³/mol. The van der Waals surface area contributed by atoms with Gasteiger partial charge in [-0.05, 0) is 17.7 Å². The molecule has 0 amide bonds. The molecule has 5 heteroatoms. The van der Waals surface area contributed by atoms with Crippen molar-refractivity contribution < 1.29 is 5.06 Å². The zero-order valence-electron chi connectivity index (χ0n) is 10.7. The quantitative estimate of drug-likeness (QED) is 0.675. The fraction of sp³-hybridized carbons (Fsp3) is 0.462. The van der Waals surface area contributed by atoms with E-state index in [9.17, 15) is 5.21 Å². The van der Waals surface area contributed by atoms with Crippen LogP contribution in [-0.4, -0.2) is 31.7 Å². The van der Waals surface area contributed by atoms with Crippen molar-refractivity contribution in [1.29, 1.82) is 0 Å². The molecular formula is C13H18N4O. The minimum Gasteiger partial charge on any atom is -0.634 e. The lowest BCUT2D eigenvalue weighted by atomic mass is 9.84. The van der Waals surface area contributed by atoms with Crippen LogP contribution in [0.4, 0.5) is 5.82 Å². The average Bonchev–Trinajstić information content (AvgIpc) is 2.36. The normalized spacial score (nSPS) is 26.9. The molecule has 3 heterocycles. The van der Waals surface area contributed by atoms with E-state index in [0.717, 1.165) is 12.4 Å². The number of pyridine rings is 1. The van der Waals surface area contributed by atoms with Crippen LogP contribution in [0.2, 0.25) is 0 Å². The highest BCUT2D eigenvalue weighted by Gasteiger charge is 2.32. The number of anilines is 1. The summed E-state index contributed by atoms with van der Waals surface area (Å²) in [6.45, 7) is 4.14. The van der Waals surface area contributed by atoms with Crippen LogP contribution in [0.5, 0.6) is 0 Å². The molecule has 0 fully saturated rings. The van der Waals surface area contributed by atoms with Crippen LogP contribution in [-0.2, 0) is 0 Å². The molecule has 0 aromatic carbocycles. The van der Waals surface area contributed by atoms with Crippen LogP contribution < -0.4 is 15.5 Å². The highest BCUT2D eigenvalue weighted by molar-refractivity contribution is 5.81. The number of hydrogen-bond acceptors (Lipinski definition) is 4. The van der Waals surface area contributed by atoms with Crippen molar-refractivity contribution in [1.82, 2.24) is 10.4 Å². The number of hydrogen-bond donors (Lipinski definition) is 2. The standard InChI is InChI=1S/C13H18N4O/c1-9-6-16(18)7-10-8-17(14-2)13-11(12(9)10)4-3-5-15-13/h3-5,9,14,16H,6-8H2,1-2H3. The first-order chi connectivity index (χ1) is 8.70. The van der Waals surface area contributed by atoms with Crippen LogP contribution in [0.25, 0.3) is 5.57 Å². The molecule has 96 valence electrons. The second-order valence-corrected chi connectivity index (χ2v) is 5.02. The van der Waals surface area contributed by atoms with Gasteiger partial charge in [0.2, 0.25) is 0 Å². The van der Waals surface area contributed by atoms with Gasteiger partial charge in [-0.1, -0.05) is 6.92 Å². The van der Waals surface area contributed by atoms with E-state index in [0.29, 0.717) is 24.1 Å². The molecule has 2 atom stereocenters. The van der Waals surface area contributed by atoms with Crippen molar-refractivity contribution >= 4 is 11.4 Å². The van der Waals surface area contributed by atoms with Gasteiger partial charge in [0.15, 0.2) is 5.82 Å². The molecule has 0 saturated carbocycles. The molecule has 3 rings (SSSR count). The van der Waals surface area contributed by atoms with Gasteiger partial charge in [-0.3, -0.25) is 5.01 Å². The Bertz CT molecular complexity index is 500. The van der Waals surface area contributed by atoms with E-state index in [4.69, 9.17) is 0 Å². The number of hydrazine groups is 1. The maximum Gasteiger partial charge on any atom is 0.150 e. The van der Waals surface area contributed by atoms with Gasteiger partial charge in [0.1, 0.15) is 6.54 Å². The number of nitrogens with one attached hydrogen (secondary N) is 2. The number of fused-ring (bicyclic) bond motifs is 2. The zero-order chi connectivity index (χ0) is 12.7. The topological polar surface area (TPSA) is 55.7 Å². The Labute approximate surface area is 107 Å². The highest BCUT2D eigenvalue weighted by Crippen LogP contribution is 2.36. The predicted octanol–water partition coefficient (Wildman–Crippen LogP) is -0.178. The summed E-state index contributed by atoms with van der Waals surface area (Å²) >= 11 is 0. The van der Waals surface area contributed by atoms with E-state index < -0.39 is 0 Å². The lowest BCUT2D eigenvalue weighted by molar-refractivity contribution is -0.847. The van der Waals surface area contributed by atoms with Crippen molar-refractivity contribution in [2.45, 2.75) is 6.92 Å². The van der Waals surface area contributed by atoms with E-state index in [1.807, 2.05) is 24.3 Å². The molecule has 1 aromatic rings. The van der Waals surface area contributed by atoms with E-state index in [2.05, 4.69) is 23.4 Å². The fourth-order valence-corrected chi connectivity index (χ4v) is 3.07. The van der Waals surface area contributed by atoms with E-state index >= 15 is 0 Å². The van der Waals surface area contributed by atoms with Gasteiger partial charge in [0.05, 0.1) is 13.1 Å². The Kier molecular flexibility index (Phi) is 2.81. The summed E-state index contributed by atoms with van der Waals surface area (Å²) in [5.41, 5.74) is 6.90. The lowest BCUT2D eigenvalue weighted by Crippen LogP contribution is -3.09. The molecule has 2 aliphatic rings. The molecule has 0 radical (unpaired) electrons. The first-order valence-corrected chi connectivity index (χ1v) is 6.34. The molecule has 2 unspecified atom stereocenters. The minimum atomic E-state index is 0.309. The molecule has 5 nitrogen and oxygen atoms in total. The van der Waals surface area contributed by atoms with Crippen molar-refractivity contribution in [3.8, 4) is 0 Å². The van der Waals surface area contributed by atoms with Gasteiger partial charge >= 0.3 is 0 Å². The largest absolute Gasteiger partial charge is 0.634 e. The number of nitrogens with zero attached hydrogens (tertiary/aromatic N) is 2. The van der Waals surface area contributed by atoms with Gasteiger partial charge in [0.25, 0.3) is 0 Å². The monoisotopic (exact) mass is 246 g/mol. The van der Waals surface area contributed by atoms with Gasteiger partial charge in [-0.15, -0.1) is 0 Å². The summed E-state index contributed by atoms with van der Waals surface area (Å²) < 4.78 is 0. The summed E-state index contributed by atoms with van der Waals surface area (Å²) in [5, 5.41) is 14.1. The second-order valence-electron chi connectivity index (χ2n) is 5.02. The number of aromatic nitrogens is 1. The van der Waals surface area contributed by atoms with Crippen LogP contribution >= 0.6 is 0 Å². The Morgan fingerprint density at radius 1 is 1.56 bits per heavy atom. The molecule has 0 aliphatic carbocycles. The minimum absolute atomic E-state index is 0.309. The van der Waals surface area contributed by atoms with Crippen LogP contribution in [0.15, 0.2) is 23.9 Å². The molecule has 0 spiro atoms. The molecule has 0 bridgehead atoms. The average molecular weight is 246 g/mol. The lowest BCUT2D eigenvalue weighted by Gasteiger charge is -2.40. The molecule has 0 saturated heterocycles. The molecule has 1 aromatic heterocycles. The van der Waals surface area contributed by atoms with Crippen molar-refractivity contribution in [3.05, 3.63) is 34.7 Å². The number of hydroxylamine groups is 2. The smallest absolute Gasteiger partial charge is 0.150 e. The second kappa shape index (κ2) is 4.35. The Morgan fingerprint density at radius 3 is 3.17 bits per heavy atom. The van der Waals surface area contributed by atoms with Crippen LogP contribution in [0, 0.1) is 11.1 Å².